The Morgan fingerprint density at radius 3 is 2.07 bits per heavy atom. The molecule has 0 bridgehead atoms. The Morgan fingerprint density at radius 2 is 1.43 bits per heavy atom. The maximum absolute atomic E-state index is 12.6. The van der Waals surface area contributed by atoms with Crippen molar-refractivity contribution in [2.45, 2.75) is 122 Å². The Hall–Kier alpha value is -2.32. The first-order chi connectivity index (χ1) is 21.3. The number of hydrogen-bond donors (Lipinski definition) is 5. The van der Waals surface area contributed by atoms with Gasteiger partial charge in [-0.3, -0.25) is 0 Å². The second-order valence-corrected chi connectivity index (χ2v) is 13.0. The molecule has 0 saturated heterocycles. The quantitative estimate of drug-likeness (QED) is 0.0443. The van der Waals surface area contributed by atoms with Crippen LogP contribution in [0.4, 0.5) is 0 Å². The molecular formula is C35H56NO7P. The molecule has 2 rings (SSSR count). The van der Waals surface area contributed by atoms with Gasteiger partial charge in [0.25, 0.3) is 0 Å². The number of aliphatic hydroxyl groups is 1. The van der Waals surface area contributed by atoms with E-state index >= 15 is 0 Å². The first-order valence-electron chi connectivity index (χ1n) is 16.4. The summed E-state index contributed by atoms with van der Waals surface area (Å²) in [6.07, 6.45) is 20.9. The molecule has 0 saturated carbocycles. The number of allylic oxidation sites excluding steroid dienone is 2. The monoisotopic (exact) mass is 633 g/mol. The molecule has 0 aromatic heterocycles. The second-order valence-electron chi connectivity index (χ2n) is 11.6. The van der Waals surface area contributed by atoms with E-state index in [1.54, 1.807) is 0 Å². The molecule has 9 heteroatoms. The summed E-state index contributed by atoms with van der Waals surface area (Å²) in [4.78, 5) is 40.6. The Bertz CT molecular complexity index is 1060. The van der Waals surface area contributed by atoms with E-state index < -0.39 is 14.2 Å². The number of ether oxygens (including phenoxy) is 1. The van der Waals surface area contributed by atoms with E-state index in [-0.39, 0.29) is 19.1 Å². The van der Waals surface area contributed by atoms with Crippen molar-refractivity contribution in [1.29, 1.82) is 0 Å². The summed E-state index contributed by atoms with van der Waals surface area (Å²) in [5.74, 6) is 0.555. The Kier molecular flexibility index (Phi) is 19.9. The van der Waals surface area contributed by atoms with Crippen LogP contribution in [0.5, 0.6) is 5.75 Å². The van der Waals surface area contributed by atoms with E-state index in [2.05, 4.69) is 24.4 Å². The molecule has 0 aliphatic carbocycles. The molecule has 0 fully saturated rings. The van der Waals surface area contributed by atoms with Gasteiger partial charge in [-0.25, -0.2) is 0 Å². The molecule has 1 atom stereocenters. The molecule has 44 heavy (non-hydrogen) atoms. The van der Waals surface area contributed by atoms with E-state index in [9.17, 15) is 24.6 Å². The molecule has 2 aromatic carbocycles. The van der Waals surface area contributed by atoms with Crippen LogP contribution in [0.25, 0.3) is 0 Å². The zero-order chi connectivity index (χ0) is 31.9. The standard InChI is InChI=1S/C35H56NO7P/c1-2-3-4-5-6-7-8-9-10-11-12-13-14-15-16-20-35(38)36-33(29-43-44(39,40)41)26-30-21-23-34(24-22-30)42-28-32-19-17-18-31(25-32)27-37/h9-10,17-19,21-25,33,37,39-41,44H,2-8,11-16,20,26-29H2,1H3,(H,36,38)/b10-9-/t33-/m0/s1. The zero-order valence-corrected chi connectivity index (χ0v) is 27.6. The normalized spacial score (nSPS) is 12.8. The van der Waals surface area contributed by atoms with Gasteiger partial charge in [0.05, 0.1) is 6.61 Å². The predicted molar refractivity (Wildman–Crippen MR) is 179 cm³/mol. The molecular weight excluding hydrogens is 577 g/mol. The maximum atomic E-state index is 12.6. The van der Waals surface area contributed by atoms with Crippen molar-refractivity contribution >= 4 is 14.1 Å². The summed E-state index contributed by atoms with van der Waals surface area (Å²) in [6.45, 7) is 2.38. The SMILES string of the molecule is CCCCCCCC/C=C\CCCCCCCC(=O)N[C@H](CO[PH](O)(O)O)Cc1ccc(OCc2cccc(CO)c2)cc1. The number of carbonyl (C=O) groups excluding carboxylic acids is 1. The third-order valence-electron chi connectivity index (χ3n) is 7.49. The van der Waals surface area contributed by atoms with Gasteiger partial charge in [-0.1, -0.05) is 63.3 Å². The third-order valence-corrected chi connectivity index (χ3v) is 8.05. The van der Waals surface area contributed by atoms with Crippen LogP contribution in [0.3, 0.4) is 0 Å². The van der Waals surface area contributed by atoms with Crippen LogP contribution in [0.15, 0.2) is 60.7 Å². The fraction of sp³-hybridized carbons (Fsp3) is 0.571. The minimum absolute atomic E-state index is 0.0199. The minimum atomic E-state index is -4.70. The average molecular weight is 634 g/mol. The van der Waals surface area contributed by atoms with E-state index in [0.29, 0.717) is 25.2 Å². The van der Waals surface area contributed by atoms with Gasteiger partial charge < -0.3 is 5.11 Å². The van der Waals surface area contributed by atoms with Crippen LogP contribution in [-0.2, 0) is 29.0 Å². The van der Waals surface area contributed by atoms with Crippen LogP contribution in [0.1, 0.15) is 114 Å². The van der Waals surface area contributed by atoms with Crippen LogP contribution >= 0.6 is 8.17 Å². The van der Waals surface area contributed by atoms with Crippen LogP contribution in [0, 0.1) is 0 Å². The van der Waals surface area contributed by atoms with Crippen molar-refractivity contribution in [3.63, 3.8) is 0 Å². The van der Waals surface area contributed by atoms with Gasteiger partial charge in [0.1, 0.15) is 0 Å². The molecule has 0 heterocycles. The fourth-order valence-electron chi connectivity index (χ4n) is 5.01. The summed E-state index contributed by atoms with van der Waals surface area (Å²) in [6, 6.07) is 14.5. The number of aliphatic hydroxyl groups excluding tert-OH is 1. The first-order valence-corrected chi connectivity index (χ1v) is 18.2. The molecule has 0 aliphatic heterocycles. The topological polar surface area (TPSA) is 128 Å². The van der Waals surface area contributed by atoms with Gasteiger partial charge in [-0.2, -0.15) is 0 Å². The third kappa shape index (κ3) is 19.1. The van der Waals surface area contributed by atoms with E-state index in [1.807, 2.05) is 48.5 Å². The molecule has 2 aromatic rings. The first kappa shape index (κ1) is 37.9. The van der Waals surface area contributed by atoms with Gasteiger partial charge >= 0.3 is 172 Å². The van der Waals surface area contributed by atoms with E-state index in [1.165, 1.54) is 51.4 Å². The number of amides is 1. The van der Waals surface area contributed by atoms with Gasteiger partial charge in [-0.15, -0.1) is 0 Å². The number of unbranched alkanes of at least 4 members (excludes halogenated alkanes) is 11. The van der Waals surface area contributed by atoms with Gasteiger partial charge in [0.2, 0.25) is 0 Å². The fourth-order valence-corrected chi connectivity index (χ4v) is 5.44. The summed E-state index contributed by atoms with van der Waals surface area (Å²) >= 11 is 0. The Balaban J connectivity index is 1.66. The number of nitrogens with one attached hydrogen (secondary N) is 1. The zero-order valence-electron chi connectivity index (χ0n) is 26.6. The van der Waals surface area contributed by atoms with Crippen molar-refractivity contribution in [2.75, 3.05) is 6.61 Å². The molecule has 0 unspecified atom stereocenters. The van der Waals surface area contributed by atoms with Crippen molar-refractivity contribution in [1.82, 2.24) is 5.32 Å². The van der Waals surface area contributed by atoms with Crippen molar-refractivity contribution in [3.05, 3.63) is 77.4 Å². The second kappa shape index (κ2) is 23.1. The molecule has 8 nitrogen and oxygen atoms in total. The molecule has 5 N–H and O–H groups in total. The van der Waals surface area contributed by atoms with Gasteiger partial charge in [0, 0.05) is 0 Å². The van der Waals surface area contributed by atoms with Gasteiger partial charge in [0.15, 0.2) is 0 Å². The molecule has 0 spiro atoms. The molecule has 0 radical (unpaired) electrons. The molecule has 1 amide bonds. The van der Waals surface area contributed by atoms with E-state index in [4.69, 9.17) is 9.26 Å². The summed E-state index contributed by atoms with van der Waals surface area (Å²) in [5.41, 5.74) is 2.68. The number of rotatable bonds is 25. The number of hydrogen-bond acceptors (Lipinski definition) is 7. The summed E-state index contributed by atoms with van der Waals surface area (Å²) < 4.78 is 10.7. The van der Waals surface area contributed by atoms with E-state index in [0.717, 1.165) is 48.8 Å². The summed E-state index contributed by atoms with van der Waals surface area (Å²) in [5, 5.41) is 12.2. The van der Waals surface area contributed by atoms with Crippen molar-refractivity contribution < 1.29 is 33.8 Å². The molecule has 0 aliphatic rings. The summed E-state index contributed by atoms with van der Waals surface area (Å²) in [7, 11) is -4.70. The average Bonchev–Trinajstić information content (AvgIpc) is 3.01. The number of carbonyl (C=O) groups is 1. The van der Waals surface area contributed by atoms with Crippen molar-refractivity contribution in [3.8, 4) is 5.75 Å². The van der Waals surface area contributed by atoms with Crippen LogP contribution in [0.2, 0.25) is 0 Å². The Morgan fingerprint density at radius 1 is 0.818 bits per heavy atom. The van der Waals surface area contributed by atoms with Gasteiger partial charge in [-0.05, 0) is 18.4 Å². The van der Waals surface area contributed by atoms with Crippen molar-refractivity contribution in [2.24, 2.45) is 0 Å². The van der Waals surface area contributed by atoms with Crippen LogP contribution < -0.4 is 10.1 Å². The van der Waals surface area contributed by atoms with Crippen LogP contribution in [-0.4, -0.2) is 38.3 Å². The Labute approximate surface area is 265 Å². The number of benzene rings is 2. The predicted octanol–water partition coefficient (Wildman–Crippen LogP) is 7.23. The molecule has 248 valence electrons.